The summed E-state index contributed by atoms with van der Waals surface area (Å²) in [5.74, 6) is -1.64. The summed E-state index contributed by atoms with van der Waals surface area (Å²) in [5.41, 5.74) is 3.30. The maximum absolute atomic E-state index is 12.4. The molecule has 2 aromatic rings. The van der Waals surface area contributed by atoms with Gasteiger partial charge in [-0.2, -0.15) is 0 Å². The van der Waals surface area contributed by atoms with Gasteiger partial charge in [0.05, 0.1) is 11.1 Å². The van der Waals surface area contributed by atoms with Crippen LogP contribution >= 0.6 is 0 Å². The molecule has 4 amide bonds. The number of hydrogen-bond donors (Lipinski definition) is 2. The highest BCUT2D eigenvalue weighted by Crippen LogP contribution is 2.24. The molecule has 1 atom stereocenters. The Balaban J connectivity index is 1.51. The summed E-state index contributed by atoms with van der Waals surface area (Å²) in [4.78, 5) is 50.4. The predicted octanol–water partition coefficient (Wildman–Crippen LogP) is 1.83. The van der Waals surface area contributed by atoms with Crippen molar-refractivity contribution in [2.24, 2.45) is 0 Å². The molecule has 29 heavy (non-hydrogen) atoms. The van der Waals surface area contributed by atoms with E-state index in [1.807, 2.05) is 26.0 Å². The topological polar surface area (TPSA) is 95.6 Å². The molecule has 0 radical (unpaired) electrons. The number of carbonyl (C=O) groups excluding carboxylic acids is 4. The van der Waals surface area contributed by atoms with E-state index in [0.29, 0.717) is 16.7 Å². The Hall–Kier alpha value is -3.48. The molecule has 0 saturated carbocycles. The summed E-state index contributed by atoms with van der Waals surface area (Å²) in [6.07, 6.45) is 0. The van der Waals surface area contributed by atoms with E-state index in [1.54, 1.807) is 30.3 Å². The minimum atomic E-state index is -0.946. The number of aryl methyl sites for hydroxylation is 2. The second kappa shape index (κ2) is 8.26. The summed E-state index contributed by atoms with van der Waals surface area (Å²) in [7, 11) is 0. The number of benzene rings is 2. The van der Waals surface area contributed by atoms with Crippen LogP contribution in [0.5, 0.6) is 0 Å². The first-order valence-electron chi connectivity index (χ1n) is 9.41. The second-order valence-corrected chi connectivity index (χ2v) is 7.05. The van der Waals surface area contributed by atoms with Gasteiger partial charge in [0.2, 0.25) is 5.91 Å². The molecule has 7 heteroatoms. The van der Waals surface area contributed by atoms with Gasteiger partial charge in [-0.05, 0) is 56.2 Å². The molecule has 1 aliphatic rings. The van der Waals surface area contributed by atoms with E-state index in [1.165, 1.54) is 6.92 Å². The fraction of sp³-hybridized carbons (Fsp3) is 0.273. The molecule has 7 nitrogen and oxygen atoms in total. The van der Waals surface area contributed by atoms with Crippen molar-refractivity contribution in [3.05, 3.63) is 70.3 Å². The summed E-state index contributed by atoms with van der Waals surface area (Å²) in [5, 5.41) is 5.39. The maximum atomic E-state index is 12.4. The predicted molar refractivity (Wildman–Crippen MR) is 108 cm³/mol. The third-order valence-corrected chi connectivity index (χ3v) is 5.07. The smallest absolute Gasteiger partial charge is 0.262 e. The van der Waals surface area contributed by atoms with Crippen molar-refractivity contribution in [1.82, 2.24) is 15.5 Å². The van der Waals surface area contributed by atoms with Crippen molar-refractivity contribution in [2.75, 3.05) is 13.1 Å². The Morgan fingerprint density at radius 2 is 1.48 bits per heavy atom. The molecule has 0 aromatic heterocycles. The minimum Gasteiger partial charge on any atom is -0.353 e. The van der Waals surface area contributed by atoms with E-state index in [4.69, 9.17) is 0 Å². The van der Waals surface area contributed by atoms with Crippen molar-refractivity contribution in [3.63, 3.8) is 0 Å². The molecule has 0 fully saturated rings. The number of imide groups is 1. The third-order valence-electron chi connectivity index (χ3n) is 5.07. The van der Waals surface area contributed by atoms with E-state index in [9.17, 15) is 19.2 Å². The van der Waals surface area contributed by atoms with Crippen LogP contribution in [0, 0.1) is 13.8 Å². The van der Waals surface area contributed by atoms with Crippen molar-refractivity contribution in [3.8, 4) is 0 Å². The van der Waals surface area contributed by atoms with Crippen molar-refractivity contribution >= 4 is 23.6 Å². The Morgan fingerprint density at radius 3 is 2.07 bits per heavy atom. The van der Waals surface area contributed by atoms with Crippen LogP contribution in [0.3, 0.4) is 0 Å². The maximum Gasteiger partial charge on any atom is 0.262 e. The number of nitrogens with one attached hydrogen (secondary N) is 2. The van der Waals surface area contributed by atoms with Gasteiger partial charge in [-0.1, -0.05) is 18.2 Å². The van der Waals surface area contributed by atoms with Gasteiger partial charge < -0.3 is 10.6 Å². The number of carbonyl (C=O) groups is 4. The van der Waals surface area contributed by atoms with Crippen molar-refractivity contribution < 1.29 is 19.2 Å². The van der Waals surface area contributed by atoms with E-state index in [0.717, 1.165) is 16.0 Å². The number of rotatable bonds is 6. The van der Waals surface area contributed by atoms with Crippen LogP contribution in [0.2, 0.25) is 0 Å². The number of fused-ring (bicyclic) bond motifs is 1. The summed E-state index contributed by atoms with van der Waals surface area (Å²) >= 11 is 0. The fourth-order valence-electron chi connectivity index (χ4n) is 3.17. The molecule has 2 aromatic carbocycles. The first-order chi connectivity index (χ1) is 13.8. The van der Waals surface area contributed by atoms with Gasteiger partial charge >= 0.3 is 0 Å². The molecule has 1 aliphatic heterocycles. The lowest BCUT2D eigenvalue weighted by molar-refractivity contribution is -0.124. The van der Waals surface area contributed by atoms with Crippen molar-refractivity contribution in [2.45, 2.75) is 26.8 Å². The highest BCUT2D eigenvalue weighted by molar-refractivity contribution is 6.22. The average Bonchev–Trinajstić information content (AvgIpc) is 2.97. The van der Waals surface area contributed by atoms with Crippen LogP contribution in [0.4, 0.5) is 0 Å². The van der Waals surface area contributed by atoms with Gasteiger partial charge in [0, 0.05) is 18.7 Å². The molecule has 0 bridgehead atoms. The molecular formula is C22H23N3O4. The molecule has 0 spiro atoms. The molecule has 150 valence electrons. The summed E-state index contributed by atoms with van der Waals surface area (Å²) < 4.78 is 0. The molecule has 1 unspecified atom stereocenters. The lowest BCUT2D eigenvalue weighted by Crippen LogP contribution is -2.49. The number of nitrogens with zero attached hydrogens (tertiary/aromatic N) is 1. The summed E-state index contributed by atoms with van der Waals surface area (Å²) in [6, 6.07) is 11.0. The normalized spacial score (nSPS) is 13.8. The molecule has 3 rings (SSSR count). The van der Waals surface area contributed by atoms with Crippen LogP contribution in [0.25, 0.3) is 0 Å². The molecule has 0 aliphatic carbocycles. The minimum absolute atomic E-state index is 0.183. The zero-order valence-corrected chi connectivity index (χ0v) is 16.6. The van der Waals surface area contributed by atoms with Crippen LogP contribution in [0.1, 0.15) is 49.1 Å². The monoisotopic (exact) mass is 393 g/mol. The lowest BCUT2D eigenvalue weighted by Gasteiger charge is -2.21. The Morgan fingerprint density at radius 1 is 0.897 bits per heavy atom. The molecule has 2 N–H and O–H groups in total. The average molecular weight is 393 g/mol. The van der Waals surface area contributed by atoms with Gasteiger partial charge in [0.25, 0.3) is 17.7 Å². The molecule has 1 heterocycles. The largest absolute Gasteiger partial charge is 0.353 e. The third kappa shape index (κ3) is 4.03. The second-order valence-electron chi connectivity index (χ2n) is 7.05. The highest BCUT2D eigenvalue weighted by Gasteiger charge is 2.40. The zero-order valence-electron chi connectivity index (χ0n) is 16.6. The first kappa shape index (κ1) is 20.3. The number of hydrogen-bond acceptors (Lipinski definition) is 4. The Kier molecular flexibility index (Phi) is 5.77. The van der Waals surface area contributed by atoms with Gasteiger partial charge in [-0.3, -0.25) is 24.1 Å². The summed E-state index contributed by atoms with van der Waals surface area (Å²) in [6.45, 7) is 5.83. The van der Waals surface area contributed by atoms with Crippen LogP contribution < -0.4 is 10.6 Å². The first-order valence-corrected chi connectivity index (χ1v) is 9.41. The SMILES string of the molecule is Cc1ccc(C(=O)NCCNC(=O)C(C)N2C(=O)c3ccccc3C2=O)cc1C. The van der Waals surface area contributed by atoms with Crippen LogP contribution in [-0.2, 0) is 4.79 Å². The van der Waals surface area contributed by atoms with Gasteiger partial charge in [0.1, 0.15) is 6.04 Å². The zero-order chi connectivity index (χ0) is 21.1. The molecular weight excluding hydrogens is 370 g/mol. The fourth-order valence-corrected chi connectivity index (χ4v) is 3.17. The van der Waals surface area contributed by atoms with Crippen LogP contribution in [-0.4, -0.2) is 47.7 Å². The van der Waals surface area contributed by atoms with E-state index < -0.39 is 23.8 Å². The van der Waals surface area contributed by atoms with E-state index in [2.05, 4.69) is 10.6 Å². The Bertz CT molecular complexity index is 964. The molecule has 0 saturated heterocycles. The quantitative estimate of drug-likeness (QED) is 0.578. The lowest BCUT2D eigenvalue weighted by atomic mass is 10.1. The Labute approximate surface area is 169 Å². The number of amides is 4. The van der Waals surface area contributed by atoms with Crippen LogP contribution in [0.15, 0.2) is 42.5 Å². The van der Waals surface area contributed by atoms with Gasteiger partial charge in [-0.15, -0.1) is 0 Å². The van der Waals surface area contributed by atoms with Gasteiger partial charge in [-0.25, -0.2) is 0 Å². The standard InChI is InChI=1S/C22H23N3O4/c1-13-8-9-16(12-14(13)2)20(27)24-11-10-23-19(26)15(3)25-21(28)17-6-4-5-7-18(17)22(25)29/h4-9,12,15H,10-11H2,1-3H3,(H,23,26)(H,24,27). The highest BCUT2D eigenvalue weighted by atomic mass is 16.2. The van der Waals surface area contributed by atoms with Gasteiger partial charge in [0.15, 0.2) is 0 Å². The van der Waals surface area contributed by atoms with Crippen molar-refractivity contribution in [1.29, 1.82) is 0 Å². The van der Waals surface area contributed by atoms with E-state index in [-0.39, 0.29) is 19.0 Å². The van der Waals surface area contributed by atoms with E-state index >= 15 is 0 Å².